The number of rotatable bonds is 5. The molecular formula is C12H12BrClF2O. The molecule has 0 heterocycles. The fourth-order valence-corrected chi connectivity index (χ4v) is 2.29. The van der Waals surface area contributed by atoms with Crippen molar-refractivity contribution in [3.05, 3.63) is 34.4 Å². The molecule has 0 amide bonds. The minimum absolute atomic E-state index is 0.00714. The van der Waals surface area contributed by atoms with Gasteiger partial charge in [-0.1, -0.05) is 34.5 Å². The van der Waals surface area contributed by atoms with Gasteiger partial charge in [0.05, 0.1) is 4.83 Å². The normalized spacial score (nSPS) is 12.5. The van der Waals surface area contributed by atoms with Gasteiger partial charge in [0.15, 0.2) is 0 Å². The lowest BCUT2D eigenvalue weighted by Gasteiger charge is -2.10. The summed E-state index contributed by atoms with van der Waals surface area (Å²) in [4.78, 5) is 11.1. The first-order chi connectivity index (χ1) is 7.95. The maximum atomic E-state index is 13.5. The molecule has 1 atom stereocenters. The van der Waals surface area contributed by atoms with E-state index in [0.29, 0.717) is 6.42 Å². The maximum absolute atomic E-state index is 13.5. The topological polar surface area (TPSA) is 17.1 Å². The fourth-order valence-electron chi connectivity index (χ4n) is 1.46. The van der Waals surface area contributed by atoms with E-state index in [-0.39, 0.29) is 22.8 Å². The molecule has 17 heavy (non-hydrogen) atoms. The Bertz CT molecular complexity index is 400. The van der Waals surface area contributed by atoms with Crippen molar-refractivity contribution in [3.63, 3.8) is 0 Å². The second kappa shape index (κ2) is 6.45. The van der Waals surface area contributed by atoms with Crippen molar-refractivity contribution in [2.75, 3.05) is 0 Å². The highest BCUT2D eigenvalue weighted by Crippen LogP contribution is 2.24. The number of halogens is 4. The number of Topliss-reactive ketones (excluding diaryl/α,β-unsaturated/α-hetero) is 1. The fraction of sp³-hybridized carbons (Fsp3) is 0.417. The predicted octanol–water partition coefficient (Wildman–Crippen LogP) is 4.29. The Morgan fingerprint density at radius 2 is 2.12 bits per heavy atom. The molecule has 5 heteroatoms. The van der Waals surface area contributed by atoms with Crippen LogP contribution in [0.25, 0.3) is 0 Å². The monoisotopic (exact) mass is 324 g/mol. The van der Waals surface area contributed by atoms with E-state index in [1.54, 1.807) is 0 Å². The molecule has 94 valence electrons. The third kappa shape index (κ3) is 4.03. The molecule has 1 aromatic rings. The van der Waals surface area contributed by atoms with Gasteiger partial charge in [-0.15, -0.1) is 0 Å². The zero-order valence-corrected chi connectivity index (χ0v) is 11.6. The first kappa shape index (κ1) is 14.6. The minimum Gasteiger partial charge on any atom is -0.298 e. The molecule has 0 fully saturated rings. The molecule has 0 radical (unpaired) electrons. The van der Waals surface area contributed by atoms with Crippen LogP contribution in [-0.4, -0.2) is 10.6 Å². The summed E-state index contributed by atoms with van der Waals surface area (Å²) in [5, 5.41) is 0.0104. The van der Waals surface area contributed by atoms with E-state index in [2.05, 4.69) is 15.9 Å². The quantitative estimate of drug-likeness (QED) is 0.738. The summed E-state index contributed by atoms with van der Waals surface area (Å²) in [5.74, 6) is -1.45. The number of alkyl halides is 1. The zero-order chi connectivity index (χ0) is 13.0. The molecule has 0 saturated heterocycles. The largest absolute Gasteiger partial charge is 0.298 e. The number of carbonyl (C=O) groups is 1. The number of benzene rings is 1. The third-order valence-electron chi connectivity index (χ3n) is 2.33. The van der Waals surface area contributed by atoms with E-state index in [1.807, 2.05) is 6.92 Å². The van der Waals surface area contributed by atoms with E-state index in [4.69, 9.17) is 11.6 Å². The van der Waals surface area contributed by atoms with Gasteiger partial charge in [-0.3, -0.25) is 4.79 Å². The van der Waals surface area contributed by atoms with Crippen LogP contribution >= 0.6 is 27.5 Å². The average molecular weight is 326 g/mol. The van der Waals surface area contributed by atoms with Gasteiger partial charge in [0.25, 0.3) is 0 Å². The van der Waals surface area contributed by atoms with Crippen molar-refractivity contribution in [2.45, 2.75) is 31.0 Å². The second-order valence-corrected chi connectivity index (χ2v) is 5.25. The van der Waals surface area contributed by atoms with Crippen LogP contribution in [0.3, 0.4) is 0 Å². The Morgan fingerprint density at radius 1 is 1.47 bits per heavy atom. The molecule has 1 aromatic carbocycles. The Morgan fingerprint density at radius 3 is 2.65 bits per heavy atom. The lowest BCUT2D eigenvalue weighted by Crippen LogP contribution is -2.17. The van der Waals surface area contributed by atoms with Crippen LogP contribution in [0.1, 0.15) is 25.3 Å². The molecular weight excluding hydrogens is 313 g/mol. The standard InChI is InChI=1S/C12H12BrClF2O/c1-2-3-12(17)9(13)6-8-10(14)4-7(15)5-11(8)16/h4-5,9H,2-3,6H2,1H3. The Balaban J connectivity index is 2.85. The predicted molar refractivity (Wildman–Crippen MR) is 67.7 cm³/mol. The van der Waals surface area contributed by atoms with Crippen molar-refractivity contribution < 1.29 is 13.6 Å². The molecule has 0 aliphatic rings. The lowest BCUT2D eigenvalue weighted by molar-refractivity contribution is -0.118. The van der Waals surface area contributed by atoms with E-state index in [0.717, 1.165) is 18.6 Å². The van der Waals surface area contributed by atoms with Crippen molar-refractivity contribution in [1.29, 1.82) is 0 Å². The third-order valence-corrected chi connectivity index (χ3v) is 3.51. The summed E-state index contributed by atoms with van der Waals surface area (Å²) in [6.45, 7) is 1.89. The molecule has 0 spiro atoms. The summed E-state index contributed by atoms with van der Waals surface area (Å²) in [6, 6.07) is 1.81. The second-order valence-electron chi connectivity index (χ2n) is 3.74. The van der Waals surface area contributed by atoms with Crippen LogP contribution in [0.4, 0.5) is 8.78 Å². The van der Waals surface area contributed by atoms with Gasteiger partial charge in [0, 0.05) is 23.1 Å². The SMILES string of the molecule is CCCC(=O)C(Br)Cc1c(F)cc(F)cc1Cl. The lowest BCUT2D eigenvalue weighted by atomic mass is 10.0. The molecule has 1 nitrogen and oxygen atoms in total. The summed E-state index contributed by atoms with van der Waals surface area (Å²) in [5.41, 5.74) is 0.166. The molecule has 0 N–H and O–H groups in total. The summed E-state index contributed by atoms with van der Waals surface area (Å²) in [6.07, 6.45) is 1.29. The van der Waals surface area contributed by atoms with Gasteiger partial charge in [0.2, 0.25) is 0 Å². The molecule has 0 aromatic heterocycles. The van der Waals surface area contributed by atoms with E-state index in [1.165, 1.54) is 0 Å². The van der Waals surface area contributed by atoms with E-state index >= 15 is 0 Å². The van der Waals surface area contributed by atoms with Gasteiger partial charge in [-0.2, -0.15) is 0 Å². The number of hydrogen-bond acceptors (Lipinski definition) is 1. The van der Waals surface area contributed by atoms with Crippen LogP contribution in [0.5, 0.6) is 0 Å². The van der Waals surface area contributed by atoms with Crippen molar-refractivity contribution in [1.82, 2.24) is 0 Å². The van der Waals surface area contributed by atoms with Crippen molar-refractivity contribution in [3.8, 4) is 0 Å². The Hall–Kier alpha value is -0.480. The first-order valence-electron chi connectivity index (χ1n) is 5.26. The summed E-state index contributed by atoms with van der Waals surface area (Å²) < 4.78 is 26.3. The van der Waals surface area contributed by atoms with Gasteiger partial charge in [0.1, 0.15) is 17.4 Å². The first-order valence-corrected chi connectivity index (χ1v) is 6.55. The highest BCUT2D eigenvalue weighted by molar-refractivity contribution is 9.10. The summed E-state index contributed by atoms with van der Waals surface area (Å²) in [7, 11) is 0. The highest BCUT2D eigenvalue weighted by Gasteiger charge is 2.19. The van der Waals surface area contributed by atoms with E-state index in [9.17, 15) is 13.6 Å². The molecule has 1 rings (SSSR count). The van der Waals surface area contributed by atoms with Gasteiger partial charge < -0.3 is 0 Å². The minimum atomic E-state index is -0.720. The van der Waals surface area contributed by atoms with Gasteiger partial charge in [-0.25, -0.2) is 8.78 Å². The molecule has 1 unspecified atom stereocenters. The van der Waals surface area contributed by atoms with Crippen molar-refractivity contribution in [2.24, 2.45) is 0 Å². The van der Waals surface area contributed by atoms with E-state index < -0.39 is 16.5 Å². The number of ketones is 1. The van der Waals surface area contributed by atoms with Crippen LogP contribution in [0, 0.1) is 11.6 Å². The van der Waals surface area contributed by atoms with Gasteiger partial charge in [-0.05, 0) is 18.9 Å². The maximum Gasteiger partial charge on any atom is 0.146 e. The average Bonchev–Trinajstić information content (AvgIpc) is 2.23. The van der Waals surface area contributed by atoms with Crippen molar-refractivity contribution >= 4 is 33.3 Å². The highest BCUT2D eigenvalue weighted by atomic mass is 79.9. The van der Waals surface area contributed by atoms with Crippen LogP contribution in [0.15, 0.2) is 12.1 Å². The zero-order valence-electron chi connectivity index (χ0n) is 9.27. The van der Waals surface area contributed by atoms with Crippen LogP contribution in [-0.2, 0) is 11.2 Å². The number of carbonyl (C=O) groups excluding carboxylic acids is 1. The molecule has 0 aliphatic carbocycles. The number of hydrogen-bond donors (Lipinski definition) is 0. The molecule has 0 bridgehead atoms. The van der Waals surface area contributed by atoms with Crippen LogP contribution in [0.2, 0.25) is 5.02 Å². The molecule has 0 saturated carbocycles. The van der Waals surface area contributed by atoms with Crippen LogP contribution < -0.4 is 0 Å². The summed E-state index contributed by atoms with van der Waals surface area (Å²) >= 11 is 8.95. The molecule has 0 aliphatic heterocycles. The Kier molecular flexibility index (Phi) is 5.53. The smallest absolute Gasteiger partial charge is 0.146 e. The Labute approximate surface area is 112 Å². The van der Waals surface area contributed by atoms with Gasteiger partial charge >= 0.3 is 0 Å².